The molecule has 0 atom stereocenters. The molecule has 9 heteroatoms. The number of hydrogen-bond donors (Lipinski definition) is 1. The van der Waals surface area contributed by atoms with E-state index in [1.165, 1.54) is 22.8 Å². The highest BCUT2D eigenvalue weighted by molar-refractivity contribution is 7.09. The van der Waals surface area contributed by atoms with Crippen LogP contribution in [0.25, 0.3) is 0 Å². The van der Waals surface area contributed by atoms with Gasteiger partial charge in [-0.3, -0.25) is 4.79 Å². The van der Waals surface area contributed by atoms with Gasteiger partial charge in [0, 0.05) is 37.2 Å². The molecule has 0 bridgehead atoms. The molecule has 5 nitrogen and oxygen atoms in total. The lowest BCUT2D eigenvalue weighted by atomic mass is 10.1. The Morgan fingerprint density at radius 2 is 1.92 bits per heavy atom. The number of carbonyl (C=O) groups excluding carboxylic acids is 1. The summed E-state index contributed by atoms with van der Waals surface area (Å²) >= 11 is 1.27. The molecule has 1 aliphatic rings. The van der Waals surface area contributed by atoms with Gasteiger partial charge in [0.15, 0.2) is 0 Å². The van der Waals surface area contributed by atoms with Gasteiger partial charge in [0.1, 0.15) is 5.69 Å². The number of carbonyl (C=O) groups is 1. The van der Waals surface area contributed by atoms with Crippen LogP contribution in [0.3, 0.4) is 0 Å². The number of nitrogens with zero attached hydrogens (tertiary/aromatic N) is 3. The molecule has 0 saturated carbocycles. The number of aryl methyl sites for hydroxylation is 1. The number of benzene rings is 1. The Hall–Kier alpha value is -2.13. The lowest BCUT2D eigenvalue weighted by Crippen LogP contribution is -2.44. The first kappa shape index (κ1) is 18.7. The molecule has 1 saturated heterocycles. The summed E-state index contributed by atoms with van der Waals surface area (Å²) in [5.41, 5.74) is -0.489. The van der Waals surface area contributed by atoms with Crippen LogP contribution >= 0.6 is 11.3 Å². The van der Waals surface area contributed by atoms with Crippen LogP contribution in [0.2, 0.25) is 0 Å². The van der Waals surface area contributed by atoms with Gasteiger partial charge in [-0.05, 0) is 32.2 Å². The average molecular weight is 384 g/mol. The van der Waals surface area contributed by atoms with Crippen LogP contribution in [-0.4, -0.2) is 49.0 Å². The molecule has 1 amide bonds. The summed E-state index contributed by atoms with van der Waals surface area (Å²) < 4.78 is 40.6. The van der Waals surface area contributed by atoms with Gasteiger partial charge in [-0.2, -0.15) is 13.2 Å². The third-order valence-corrected chi connectivity index (χ3v) is 5.05. The third kappa shape index (κ3) is 4.16. The van der Waals surface area contributed by atoms with Crippen molar-refractivity contribution in [2.45, 2.75) is 13.1 Å². The molecule has 3 rings (SSSR count). The summed E-state index contributed by atoms with van der Waals surface area (Å²) in [6.07, 6.45) is -4.57. The lowest BCUT2D eigenvalue weighted by molar-refractivity contribution is -0.136. The summed E-state index contributed by atoms with van der Waals surface area (Å²) in [7, 11) is 1.98. The molecule has 1 aromatic carbocycles. The third-order valence-electron chi connectivity index (χ3n) is 4.28. The predicted molar refractivity (Wildman–Crippen MR) is 96.0 cm³/mol. The molecule has 1 N–H and O–H groups in total. The monoisotopic (exact) mass is 384 g/mol. The molecule has 26 heavy (non-hydrogen) atoms. The number of anilines is 2. The van der Waals surface area contributed by atoms with Crippen molar-refractivity contribution in [2.24, 2.45) is 0 Å². The molecule has 1 aliphatic heterocycles. The Bertz CT molecular complexity index is 798. The molecule has 2 aromatic rings. The Balaban J connectivity index is 1.86. The zero-order valence-electron chi connectivity index (χ0n) is 14.4. The van der Waals surface area contributed by atoms with Crippen molar-refractivity contribution in [1.29, 1.82) is 0 Å². The van der Waals surface area contributed by atoms with Crippen molar-refractivity contribution in [1.82, 2.24) is 9.88 Å². The number of alkyl halides is 3. The second-order valence-corrected chi connectivity index (χ2v) is 7.29. The zero-order valence-corrected chi connectivity index (χ0v) is 15.2. The number of rotatable bonds is 3. The Morgan fingerprint density at radius 1 is 1.23 bits per heavy atom. The SMILES string of the molecule is Cc1nc(C(=O)Nc2ccc(N3CCN(C)CC3)cc2C(F)(F)F)cs1. The van der Waals surface area contributed by atoms with Gasteiger partial charge < -0.3 is 15.1 Å². The second kappa shape index (κ2) is 7.24. The van der Waals surface area contributed by atoms with Gasteiger partial charge in [0.05, 0.1) is 16.3 Å². The molecule has 0 spiro atoms. The van der Waals surface area contributed by atoms with E-state index in [9.17, 15) is 18.0 Å². The Kier molecular flexibility index (Phi) is 5.19. The molecule has 2 heterocycles. The highest BCUT2D eigenvalue weighted by atomic mass is 32.1. The van der Waals surface area contributed by atoms with Crippen molar-refractivity contribution in [3.63, 3.8) is 0 Å². The fourth-order valence-corrected chi connectivity index (χ4v) is 3.38. The van der Waals surface area contributed by atoms with Crippen LogP contribution in [0.15, 0.2) is 23.6 Å². The molecule has 0 aliphatic carbocycles. The first-order valence-corrected chi connectivity index (χ1v) is 9.00. The number of nitrogens with one attached hydrogen (secondary N) is 1. The zero-order chi connectivity index (χ0) is 18.9. The van der Waals surface area contributed by atoms with E-state index >= 15 is 0 Å². The number of hydrogen-bond acceptors (Lipinski definition) is 5. The van der Waals surface area contributed by atoms with Gasteiger partial charge >= 0.3 is 6.18 Å². The molecule has 1 aromatic heterocycles. The largest absolute Gasteiger partial charge is 0.418 e. The van der Waals surface area contributed by atoms with Crippen LogP contribution in [0.1, 0.15) is 21.1 Å². The summed E-state index contributed by atoms with van der Waals surface area (Å²) in [6, 6.07) is 4.03. The number of amides is 1. The molecule has 0 unspecified atom stereocenters. The molecule has 1 fully saturated rings. The Morgan fingerprint density at radius 3 is 2.50 bits per heavy atom. The second-order valence-electron chi connectivity index (χ2n) is 6.22. The van der Waals surface area contributed by atoms with E-state index in [1.54, 1.807) is 13.0 Å². The van der Waals surface area contributed by atoms with Crippen molar-refractivity contribution >= 4 is 28.6 Å². The number of likely N-dealkylation sites (N-methyl/N-ethyl adjacent to an activating group) is 1. The van der Waals surface area contributed by atoms with Crippen molar-refractivity contribution in [3.05, 3.63) is 39.8 Å². The topological polar surface area (TPSA) is 48.5 Å². The van der Waals surface area contributed by atoms with E-state index < -0.39 is 17.6 Å². The van der Waals surface area contributed by atoms with Crippen molar-refractivity contribution in [3.8, 4) is 0 Å². The standard InChI is InChI=1S/C17H19F3N4OS/c1-11-21-15(10-26-11)16(25)22-14-4-3-12(9-13(14)17(18,19)20)24-7-5-23(2)6-8-24/h3-4,9-10H,5-8H2,1-2H3,(H,22,25). The fraction of sp³-hybridized carbons (Fsp3) is 0.412. The van der Waals surface area contributed by atoms with Crippen LogP contribution in [-0.2, 0) is 6.18 Å². The van der Waals surface area contributed by atoms with Crippen LogP contribution in [0.5, 0.6) is 0 Å². The highest BCUT2D eigenvalue weighted by Crippen LogP contribution is 2.37. The summed E-state index contributed by atoms with van der Waals surface area (Å²) in [5.74, 6) is -0.646. The van der Waals surface area contributed by atoms with E-state index in [0.717, 1.165) is 19.2 Å². The minimum Gasteiger partial charge on any atom is -0.369 e. The van der Waals surface area contributed by atoms with Gasteiger partial charge in [-0.1, -0.05) is 0 Å². The fourth-order valence-electron chi connectivity index (χ4n) is 2.79. The van der Waals surface area contributed by atoms with Crippen LogP contribution in [0, 0.1) is 6.92 Å². The van der Waals surface area contributed by atoms with Crippen LogP contribution in [0.4, 0.5) is 24.5 Å². The van der Waals surface area contributed by atoms with Crippen LogP contribution < -0.4 is 10.2 Å². The maximum Gasteiger partial charge on any atom is 0.418 e. The van der Waals surface area contributed by atoms with Crippen molar-refractivity contribution in [2.75, 3.05) is 43.4 Å². The lowest BCUT2D eigenvalue weighted by Gasteiger charge is -2.34. The maximum absolute atomic E-state index is 13.5. The number of aromatic nitrogens is 1. The first-order valence-electron chi connectivity index (χ1n) is 8.12. The van der Waals surface area contributed by atoms with E-state index in [4.69, 9.17) is 0 Å². The minimum atomic E-state index is -4.57. The van der Waals surface area contributed by atoms with Gasteiger partial charge in [-0.15, -0.1) is 11.3 Å². The molecule has 0 radical (unpaired) electrons. The molecular weight excluding hydrogens is 365 g/mol. The van der Waals surface area contributed by atoms with Gasteiger partial charge in [-0.25, -0.2) is 4.98 Å². The predicted octanol–water partition coefficient (Wildman–Crippen LogP) is 3.47. The summed E-state index contributed by atoms with van der Waals surface area (Å²) in [6.45, 7) is 4.65. The Labute approximate surface area is 153 Å². The summed E-state index contributed by atoms with van der Waals surface area (Å²) in [4.78, 5) is 20.2. The van der Waals surface area contributed by atoms with Gasteiger partial charge in [0.2, 0.25) is 0 Å². The van der Waals surface area contributed by atoms with E-state index in [0.29, 0.717) is 23.8 Å². The van der Waals surface area contributed by atoms with Gasteiger partial charge in [0.25, 0.3) is 5.91 Å². The van der Waals surface area contributed by atoms with E-state index in [2.05, 4.69) is 15.2 Å². The molecule has 140 valence electrons. The number of halogens is 3. The quantitative estimate of drug-likeness (QED) is 0.880. The maximum atomic E-state index is 13.5. The summed E-state index contributed by atoms with van der Waals surface area (Å²) in [5, 5.41) is 4.54. The average Bonchev–Trinajstić information content (AvgIpc) is 3.02. The number of piperazine rings is 1. The van der Waals surface area contributed by atoms with E-state index in [-0.39, 0.29) is 11.4 Å². The normalized spacial score (nSPS) is 16.0. The van der Waals surface area contributed by atoms with Crippen molar-refractivity contribution < 1.29 is 18.0 Å². The first-order chi connectivity index (χ1) is 12.2. The number of thiazole rings is 1. The molecular formula is C17H19F3N4OS. The smallest absolute Gasteiger partial charge is 0.369 e. The minimum absolute atomic E-state index is 0.115. The highest BCUT2D eigenvalue weighted by Gasteiger charge is 2.35. The van der Waals surface area contributed by atoms with E-state index in [1.807, 2.05) is 11.9 Å².